The van der Waals surface area contributed by atoms with Gasteiger partial charge in [-0.1, -0.05) is 5.21 Å². The maximum atomic E-state index is 11.9. The molecule has 6 nitrogen and oxygen atoms in total. The van der Waals surface area contributed by atoms with Gasteiger partial charge in [0.25, 0.3) is 5.91 Å². The predicted octanol–water partition coefficient (Wildman–Crippen LogP) is 1.22. The molecule has 3 heterocycles. The fourth-order valence-corrected chi connectivity index (χ4v) is 2.86. The van der Waals surface area contributed by atoms with Crippen LogP contribution in [0.4, 0.5) is 0 Å². The number of nitrogens with one attached hydrogen (secondary N) is 1. The van der Waals surface area contributed by atoms with Crippen LogP contribution in [0.15, 0.2) is 16.8 Å². The second-order valence-corrected chi connectivity index (χ2v) is 5.69. The average molecular weight is 292 g/mol. The van der Waals surface area contributed by atoms with E-state index in [0.717, 1.165) is 17.9 Å². The van der Waals surface area contributed by atoms with Crippen molar-refractivity contribution < 1.29 is 9.53 Å². The molecule has 0 aromatic carbocycles. The maximum Gasteiger partial charge on any atom is 0.252 e. The van der Waals surface area contributed by atoms with Crippen molar-refractivity contribution in [3.8, 4) is 0 Å². The molecule has 1 aliphatic rings. The number of carbonyl (C=O) groups is 1. The van der Waals surface area contributed by atoms with Crippen molar-refractivity contribution in [3.05, 3.63) is 33.8 Å². The van der Waals surface area contributed by atoms with Crippen LogP contribution in [-0.2, 0) is 17.9 Å². The van der Waals surface area contributed by atoms with Crippen LogP contribution >= 0.6 is 11.3 Å². The van der Waals surface area contributed by atoms with Crippen molar-refractivity contribution in [1.29, 1.82) is 0 Å². The molecule has 0 bridgehead atoms. The van der Waals surface area contributed by atoms with Crippen LogP contribution in [-0.4, -0.2) is 34.1 Å². The third-order valence-electron chi connectivity index (χ3n) is 3.39. The second-order valence-electron chi connectivity index (χ2n) is 4.91. The molecule has 1 amide bonds. The number of amides is 1. The van der Waals surface area contributed by atoms with E-state index in [0.29, 0.717) is 25.3 Å². The fourth-order valence-electron chi connectivity index (χ4n) is 2.22. The number of ether oxygens (including phenoxy) is 1. The molecule has 20 heavy (non-hydrogen) atoms. The molecular formula is C13H16N4O2S. The van der Waals surface area contributed by atoms with Gasteiger partial charge in [0, 0.05) is 30.0 Å². The van der Waals surface area contributed by atoms with Crippen molar-refractivity contribution in [2.75, 3.05) is 13.2 Å². The summed E-state index contributed by atoms with van der Waals surface area (Å²) in [6.07, 6.45) is 0. The Morgan fingerprint density at radius 3 is 3.35 bits per heavy atom. The molecule has 0 saturated carbocycles. The highest BCUT2D eigenvalue weighted by Crippen LogP contribution is 2.14. The number of hydrogen-bond acceptors (Lipinski definition) is 5. The molecule has 2 aromatic rings. The Morgan fingerprint density at radius 2 is 2.55 bits per heavy atom. The van der Waals surface area contributed by atoms with Crippen LogP contribution in [0.25, 0.3) is 0 Å². The van der Waals surface area contributed by atoms with Gasteiger partial charge < -0.3 is 10.1 Å². The second kappa shape index (κ2) is 5.72. The highest BCUT2D eigenvalue weighted by Gasteiger charge is 2.20. The Bertz CT molecular complexity index is 594. The summed E-state index contributed by atoms with van der Waals surface area (Å²) in [7, 11) is 0. The van der Waals surface area contributed by atoms with Gasteiger partial charge in [0.05, 0.1) is 24.6 Å². The number of thiophene rings is 1. The molecule has 106 valence electrons. The number of nitrogens with zero attached hydrogens (tertiary/aromatic N) is 3. The third-order valence-corrected chi connectivity index (χ3v) is 4.07. The Morgan fingerprint density at radius 1 is 1.65 bits per heavy atom. The third kappa shape index (κ3) is 2.73. The maximum absolute atomic E-state index is 11.9. The number of aryl methyl sites for hydroxylation is 1. The fraction of sp³-hybridized carbons (Fsp3) is 0.462. The quantitative estimate of drug-likeness (QED) is 0.923. The van der Waals surface area contributed by atoms with Crippen molar-refractivity contribution in [3.63, 3.8) is 0 Å². The zero-order chi connectivity index (χ0) is 13.9. The number of fused-ring (bicyclic) bond motifs is 1. The summed E-state index contributed by atoms with van der Waals surface area (Å²) in [4.78, 5) is 11.9. The van der Waals surface area contributed by atoms with Crippen LogP contribution in [0.3, 0.4) is 0 Å². The summed E-state index contributed by atoms with van der Waals surface area (Å²) in [5, 5.41) is 14.9. The lowest BCUT2D eigenvalue weighted by atomic mass is 10.1. The molecule has 1 atom stereocenters. The smallest absolute Gasteiger partial charge is 0.252 e. The van der Waals surface area contributed by atoms with E-state index < -0.39 is 0 Å². The summed E-state index contributed by atoms with van der Waals surface area (Å²) in [5.74, 6) is 0.172. The highest BCUT2D eigenvalue weighted by atomic mass is 32.1. The number of rotatable bonds is 3. The van der Waals surface area contributed by atoms with Gasteiger partial charge in [0.2, 0.25) is 0 Å². The normalized spacial score (nSPS) is 18.4. The zero-order valence-corrected chi connectivity index (χ0v) is 12.0. The number of carbonyl (C=O) groups excluding carboxylic acids is 1. The largest absolute Gasteiger partial charge is 0.375 e. The van der Waals surface area contributed by atoms with Gasteiger partial charge >= 0.3 is 0 Å². The highest BCUT2D eigenvalue weighted by molar-refractivity contribution is 7.08. The summed E-state index contributed by atoms with van der Waals surface area (Å²) in [6.45, 7) is 4.38. The minimum Gasteiger partial charge on any atom is -0.375 e. The first-order valence-corrected chi connectivity index (χ1v) is 7.45. The first-order valence-electron chi connectivity index (χ1n) is 6.51. The molecule has 2 aromatic heterocycles. The molecule has 0 aliphatic carbocycles. The van der Waals surface area contributed by atoms with Gasteiger partial charge in [-0.05, 0) is 18.4 Å². The summed E-state index contributed by atoms with van der Waals surface area (Å²) in [6, 6.07) is 1.82. The van der Waals surface area contributed by atoms with E-state index in [1.165, 1.54) is 11.3 Å². The van der Waals surface area contributed by atoms with Gasteiger partial charge in [0.1, 0.15) is 0 Å². The average Bonchev–Trinajstić information content (AvgIpc) is 3.03. The van der Waals surface area contributed by atoms with E-state index in [1.54, 1.807) is 0 Å². The van der Waals surface area contributed by atoms with Crippen molar-refractivity contribution in [2.45, 2.75) is 20.1 Å². The molecule has 0 saturated heterocycles. The zero-order valence-electron chi connectivity index (χ0n) is 11.2. The van der Waals surface area contributed by atoms with E-state index in [4.69, 9.17) is 4.74 Å². The monoisotopic (exact) mass is 292 g/mol. The molecule has 1 N–H and O–H groups in total. The van der Waals surface area contributed by atoms with E-state index in [2.05, 4.69) is 15.6 Å². The minimum atomic E-state index is -0.0366. The summed E-state index contributed by atoms with van der Waals surface area (Å²) < 4.78 is 7.52. The number of aromatic nitrogens is 3. The summed E-state index contributed by atoms with van der Waals surface area (Å²) >= 11 is 1.52. The molecule has 0 fully saturated rings. The summed E-state index contributed by atoms with van der Waals surface area (Å²) in [5.41, 5.74) is 2.64. The molecular weight excluding hydrogens is 276 g/mol. The van der Waals surface area contributed by atoms with Crippen molar-refractivity contribution >= 4 is 17.2 Å². The van der Waals surface area contributed by atoms with E-state index >= 15 is 0 Å². The topological polar surface area (TPSA) is 69.0 Å². The van der Waals surface area contributed by atoms with Crippen LogP contribution in [0, 0.1) is 12.8 Å². The standard InChI is InChI=1S/C13H16N4O2S/c1-9-12-7-19-6-10(5-17(12)16-15-9)4-14-13(18)11-2-3-20-8-11/h2-3,8,10H,4-7H2,1H3,(H,14,18). The first-order chi connectivity index (χ1) is 9.74. The van der Waals surface area contributed by atoms with Gasteiger partial charge in [-0.3, -0.25) is 4.79 Å². The Kier molecular flexibility index (Phi) is 3.79. The Labute approximate surface area is 120 Å². The van der Waals surface area contributed by atoms with E-state index in [9.17, 15) is 4.79 Å². The molecule has 3 rings (SSSR count). The first kappa shape index (κ1) is 13.3. The van der Waals surface area contributed by atoms with E-state index in [-0.39, 0.29) is 11.8 Å². The lowest BCUT2D eigenvalue weighted by Crippen LogP contribution is -2.32. The molecule has 1 unspecified atom stereocenters. The van der Waals surface area contributed by atoms with Gasteiger partial charge in [-0.2, -0.15) is 11.3 Å². The molecule has 0 spiro atoms. The number of hydrogen-bond donors (Lipinski definition) is 1. The molecule has 1 aliphatic heterocycles. The Hall–Kier alpha value is -1.73. The SMILES string of the molecule is Cc1nnn2c1COCC(CNC(=O)c1ccsc1)C2. The lowest BCUT2D eigenvalue weighted by molar-refractivity contribution is 0.0850. The van der Waals surface area contributed by atoms with Gasteiger partial charge in [-0.25, -0.2) is 4.68 Å². The molecule has 7 heteroatoms. The molecule has 0 radical (unpaired) electrons. The van der Waals surface area contributed by atoms with Crippen LogP contribution in [0.1, 0.15) is 21.7 Å². The minimum absolute atomic E-state index is 0.0366. The van der Waals surface area contributed by atoms with Gasteiger partial charge in [0.15, 0.2) is 0 Å². The van der Waals surface area contributed by atoms with E-state index in [1.807, 2.05) is 28.4 Å². The predicted molar refractivity (Wildman–Crippen MR) is 74.6 cm³/mol. The van der Waals surface area contributed by atoms with Crippen molar-refractivity contribution in [2.24, 2.45) is 5.92 Å². The van der Waals surface area contributed by atoms with Crippen LogP contribution in [0.2, 0.25) is 0 Å². The van der Waals surface area contributed by atoms with Crippen LogP contribution < -0.4 is 5.32 Å². The Balaban J connectivity index is 1.60. The van der Waals surface area contributed by atoms with Gasteiger partial charge in [-0.15, -0.1) is 5.10 Å². The van der Waals surface area contributed by atoms with Crippen molar-refractivity contribution in [1.82, 2.24) is 20.3 Å². The lowest BCUT2D eigenvalue weighted by Gasteiger charge is -2.14. The van der Waals surface area contributed by atoms with Crippen LogP contribution in [0.5, 0.6) is 0 Å².